The minimum atomic E-state index is 0.391. The summed E-state index contributed by atoms with van der Waals surface area (Å²) in [7, 11) is 0. The van der Waals surface area contributed by atoms with E-state index in [0.29, 0.717) is 17.2 Å². The highest BCUT2D eigenvalue weighted by Crippen LogP contribution is 2.18. The van der Waals surface area contributed by atoms with E-state index < -0.39 is 0 Å². The highest BCUT2D eigenvalue weighted by molar-refractivity contribution is 5.71. The Kier molecular flexibility index (Phi) is 0.857. The van der Waals surface area contributed by atoms with E-state index in [1.54, 1.807) is 0 Å². The SMILES string of the molecule is Nc1cc(N)n2ncn(O)c12. The fraction of sp³-hybridized carbons (Fsp3) is 0. The van der Waals surface area contributed by atoms with Crippen LogP contribution in [0.15, 0.2) is 12.4 Å². The summed E-state index contributed by atoms with van der Waals surface area (Å²) in [4.78, 5) is 0. The van der Waals surface area contributed by atoms with Crippen molar-refractivity contribution in [2.24, 2.45) is 0 Å². The first kappa shape index (κ1) is 5.90. The first-order chi connectivity index (χ1) is 5.20. The monoisotopic (exact) mass is 153 g/mol. The van der Waals surface area contributed by atoms with Crippen LogP contribution in [0.25, 0.3) is 5.65 Å². The van der Waals surface area contributed by atoms with Crippen LogP contribution in [0.2, 0.25) is 0 Å². The van der Waals surface area contributed by atoms with Gasteiger partial charge in [0.2, 0.25) is 0 Å². The van der Waals surface area contributed by atoms with Crippen molar-refractivity contribution < 1.29 is 5.21 Å². The molecule has 0 aliphatic heterocycles. The maximum atomic E-state index is 9.10. The van der Waals surface area contributed by atoms with Gasteiger partial charge in [0.25, 0.3) is 0 Å². The van der Waals surface area contributed by atoms with E-state index in [1.807, 2.05) is 0 Å². The van der Waals surface area contributed by atoms with Gasteiger partial charge in [0.15, 0.2) is 12.0 Å². The molecule has 11 heavy (non-hydrogen) atoms. The molecule has 2 aromatic rings. The molecule has 6 nitrogen and oxygen atoms in total. The van der Waals surface area contributed by atoms with Crippen LogP contribution in [0.1, 0.15) is 0 Å². The summed E-state index contributed by atoms with van der Waals surface area (Å²) in [5, 5.41) is 12.9. The third kappa shape index (κ3) is 0.575. The van der Waals surface area contributed by atoms with Gasteiger partial charge in [-0.05, 0) is 0 Å². The Hall–Kier alpha value is -1.85. The molecule has 0 unspecified atom stereocenters. The quantitative estimate of drug-likeness (QED) is 0.446. The molecule has 0 saturated heterocycles. The Morgan fingerprint density at radius 3 is 2.82 bits per heavy atom. The normalized spacial score (nSPS) is 10.9. The Morgan fingerprint density at radius 1 is 1.45 bits per heavy atom. The molecule has 0 amide bonds. The number of nitrogens with zero attached hydrogens (tertiary/aromatic N) is 3. The molecule has 0 aliphatic rings. The predicted molar refractivity (Wildman–Crippen MR) is 39.2 cm³/mol. The molecule has 0 aromatic carbocycles. The van der Waals surface area contributed by atoms with E-state index in [-0.39, 0.29) is 0 Å². The lowest BCUT2D eigenvalue weighted by molar-refractivity contribution is 0.197. The summed E-state index contributed by atoms with van der Waals surface area (Å²) in [6.07, 6.45) is 1.22. The van der Waals surface area contributed by atoms with Crippen molar-refractivity contribution in [2.45, 2.75) is 0 Å². The number of rotatable bonds is 0. The highest BCUT2D eigenvalue weighted by atomic mass is 16.5. The van der Waals surface area contributed by atoms with Crippen LogP contribution in [0.4, 0.5) is 11.5 Å². The second-order valence-electron chi connectivity index (χ2n) is 2.24. The molecule has 0 bridgehead atoms. The van der Waals surface area contributed by atoms with E-state index >= 15 is 0 Å². The number of anilines is 2. The van der Waals surface area contributed by atoms with Crippen LogP contribution in [0.3, 0.4) is 0 Å². The molecular formula is C5H7N5O. The van der Waals surface area contributed by atoms with Crippen molar-refractivity contribution in [3.05, 3.63) is 12.4 Å². The first-order valence-electron chi connectivity index (χ1n) is 2.99. The third-order valence-electron chi connectivity index (χ3n) is 1.50. The van der Waals surface area contributed by atoms with Gasteiger partial charge in [-0.2, -0.15) is 14.3 Å². The topological polar surface area (TPSA) is 94.5 Å². The average Bonchev–Trinajstić information content (AvgIpc) is 2.41. The van der Waals surface area contributed by atoms with Crippen molar-refractivity contribution in [1.29, 1.82) is 0 Å². The zero-order valence-corrected chi connectivity index (χ0v) is 5.60. The van der Waals surface area contributed by atoms with Crippen molar-refractivity contribution >= 4 is 17.2 Å². The van der Waals surface area contributed by atoms with Gasteiger partial charge in [-0.15, -0.1) is 0 Å². The molecular weight excluding hydrogens is 146 g/mol. The maximum Gasteiger partial charge on any atom is 0.196 e. The predicted octanol–water partition coefficient (Wildman–Crippen LogP) is -0.463. The minimum Gasteiger partial charge on any atom is -0.425 e. The van der Waals surface area contributed by atoms with Gasteiger partial charge < -0.3 is 16.7 Å². The lowest BCUT2D eigenvalue weighted by Crippen LogP contribution is -1.93. The second kappa shape index (κ2) is 1.60. The van der Waals surface area contributed by atoms with E-state index in [4.69, 9.17) is 16.7 Å². The zero-order chi connectivity index (χ0) is 8.01. The first-order valence-corrected chi connectivity index (χ1v) is 2.99. The van der Waals surface area contributed by atoms with Crippen LogP contribution in [0.5, 0.6) is 0 Å². The van der Waals surface area contributed by atoms with Crippen molar-refractivity contribution in [3.8, 4) is 0 Å². The van der Waals surface area contributed by atoms with Crippen molar-refractivity contribution in [2.75, 3.05) is 11.5 Å². The molecule has 2 rings (SSSR count). The van der Waals surface area contributed by atoms with Crippen LogP contribution in [-0.2, 0) is 0 Å². The van der Waals surface area contributed by atoms with Gasteiger partial charge in [0.1, 0.15) is 5.82 Å². The zero-order valence-electron chi connectivity index (χ0n) is 5.60. The Bertz CT molecular complexity index is 400. The Balaban J connectivity index is 2.98. The van der Waals surface area contributed by atoms with Crippen molar-refractivity contribution in [3.63, 3.8) is 0 Å². The molecule has 0 aliphatic carbocycles. The smallest absolute Gasteiger partial charge is 0.196 e. The van der Waals surface area contributed by atoms with E-state index in [2.05, 4.69) is 5.10 Å². The number of fused-ring (bicyclic) bond motifs is 1. The third-order valence-corrected chi connectivity index (χ3v) is 1.50. The lowest BCUT2D eigenvalue weighted by Gasteiger charge is -1.88. The van der Waals surface area contributed by atoms with E-state index in [0.717, 1.165) is 4.73 Å². The number of hydrogen-bond acceptors (Lipinski definition) is 4. The molecule has 0 fully saturated rings. The van der Waals surface area contributed by atoms with Gasteiger partial charge in [-0.1, -0.05) is 0 Å². The summed E-state index contributed by atoms with van der Waals surface area (Å²) in [5.41, 5.74) is 11.8. The molecule has 0 radical (unpaired) electrons. The lowest BCUT2D eigenvalue weighted by atomic mass is 10.5. The average molecular weight is 153 g/mol. The summed E-state index contributed by atoms with van der Waals surface area (Å²) in [5.74, 6) is 0.408. The summed E-state index contributed by atoms with van der Waals surface area (Å²) in [6, 6.07) is 1.54. The molecule has 58 valence electrons. The molecule has 0 saturated carbocycles. The molecule has 0 atom stereocenters. The van der Waals surface area contributed by atoms with Crippen LogP contribution in [-0.4, -0.2) is 19.6 Å². The molecule has 2 aromatic heterocycles. The maximum absolute atomic E-state index is 9.10. The van der Waals surface area contributed by atoms with Gasteiger partial charge in [0.05, 0.1) is 5.69 Å². The van der Waals surface area contributed by atoms with Crippen LogP contribution >= 0.6 is 0 Å². The molecule has 6 heteroatoms. The number of aromatic nitrogens is 3. The highest BCUT2D eigenvalue weighted by Gasteiger charge is 2.08. The second-order valence-corrected chi connectivity index (χ2v) is 2.24. The Morgan fingerprint density at radius 2 is 2.18 bits per heavy atom. The molecule has 5 N–H and O–H groups in total. The molecule has 2 heterocycles. The van der Waals surface area contributed by atoms with Crippen molar-refractivity contribution in [1.82, 2.24) is 14.3 Å². The largest absolute Gasteiger partial charge is 0.425 e. The number of hydrogen-bond donors (Lipinski definition) is 3. The Labute approximate surface area is 61.6 Å². The van der Waals surface area contributed by atoms with Gasteiger partial charge in [-0.25, -0.2) is 0 Å². The number of nitrogens with two attached hydrogens (primary N) is 2. The summed E-state index contributed by atoms with van der Waals surface area (Å²) in [6.45, 7) is 0. The van der Waals surface area contributed by atoms with Gasteiger partial charge >= 0.3 is 0 Å². The standard InChI is InChI=1S/C5H7N5O/c6-3-1-4(7)10-5(3)9(11)2-8-10/h1-2,11H,6-7H2. The van der Waals surface area contributed by atoms with Crippen LogP contribution in [0, 0.1) is 0 Å². The summed E-state index contributed by atoms with van der Waals surface area (Å²) >= 11 is 0. The summed E-state index contributed by atoms with van der Waals surface area (Å²) < 4.78 is 2.18. The van der Waals surface area contributed by atoms with E-state index in [9.17, 15) is 0 Å². The van der Waals surface area contributed by atoms with Gasteiger partial charge in [0, 0.05) is 6.07 Å². The number of nitrogen functional groups attached to an aromatic ring is 2. The molecule has 0 spiro atoms. The fourth-order valence-electron chi connectivity index (χ4n) is 1.04. The van der Waals surface area contributed by atoms with E-state index in [1.165, 1.54) is 16.9 Å². The van der Waals surface area contributed by atoms with Crippen LogP contribution < -0.4 is 11.5 Å². The fourth-order valence-corrected chi connectivity index (χ4v) is 1.04. The minimum absolute atomic E-state index is 0.391. The van der Waals surface area contributed by atoms with Gasteiger partial charge in [-0.3, -0.25) is 0 Å².